The van der Waals surface area contributed by atoms with Crippen LogP contribution in [0.15, 0.2) is 29.5 Å². The van der Waals surface area contributed by atoms with Gasteiger partial charge < -0.3 is 0 Å². The maximum Gasteiger partial charge on any atom is 0.230 e. The highest BCUT2D eigenvalue weighted by Crippen LogP contribution is 2.24. The second-order valence-corrected chi connectivity index (χ2v) is 2.79. The van der Waals surface area contributed by atoms with Gasteiger partial charge in [0.1, 0.15) is 6.04 Å². The van der Waals surface area contributed by atoms with E-state index < -0.39 is 0 Å². The van der Waals surface area contributed by atoms with Crippen molar-refractivity contribution in [2.45, 2.75) is 12.5 Å². The number of hydrogen-bond acceptors (Lipinski definition) is 3. The van der Waals surface area contributed by atoms with Crippen molar-refractivity contribution in [1.82, 2.24) is 9.99 Å². The van der Waals surface area contributed by atoms with Gasteiger partial charge in [-0.1, -0.05) is 6.07 Å². The van der Waals surface area contributed by atoms with E-state index in [0.717, 1.165) is 18.5 Å². The standard InChI is InChI=1S/C9H9N3O/c13-7-12-9(4-6-11-12)8-3-1-2-5-10-8/h1-3,5-7,9H,4H2. The van der Waals surface area contributed by atoms with E-state index >= 15 is 0 Å². The SMILES string of the molecule is O=CN1N=CCC1c1ccccn1. The molecular formula is C9H9N3O. The first-order chi connectivity index (χ1) is 6.42. The lowest BCUT2D eigenvalue weighted by molar-refractivity contribution is -0.119. The minimum absolute atomic E-state index is 0.0151. The van der Waals surface area contributed by atoms with Crippen molar-refractivity contribution in [2.24, 2.45) is 5.10 Å². The summed E-state index contributed by atoms with van der Waals surface area (Å²) in [6.45, 7) is 0. The molecule has 1 aliphatic heterocycles. The Morgan fingerprint density at radius 1 is 1.54 bits per heavy atom. The van der Waals surface area contributed by atoms with Crippen LogP contribution in [-0.2, 0) is 4.79 Å². The average molecular weight is 175 g/mol. The Kier molecular flexibility index (Phi) is 2.04. The maximum atomic E-state index is 10.6. The molecule has 0 fully saturated rings. The molecule has 0 saturated heterocycles. The lowest BCUT2D eigenvalue weighted by Gasteiger charge is -2.15. The van der Waals surface area contributed by atoms with Crippen LogP contribution >= 0.6 is 0 Å². The van der Waals surface area contributed by atoms with Crippen molar-refractivity contribution >= 4 is 12.6 Å². The molecular weight excluding hydrogens is 166 g/mol. The summed E-state index contributed by atoms with van der Waals surface area (Å²) in [5.74, 6) is 0. The van der Waals surface area contributed by atoms with Gasteiger partial charge in [-0.25, -0.2) is 5.01 Å². The number of amides is 1. The summed E-state index contributed by atoms with van der Waals surface area (Å²) in [5.41, 5.74) is 0.882. The smallest absolute Gasteiger partial charge is 0.230 e. The second-order valence-electron chi connectivity index (χ2n) is 2.79. The number of aromatic nitrogens is 1. The summed E-state index contributed by atoms with van der Waals surface area (Å²) in [6.07, 6.45) is 4.92. The predicted octanol–water partition coefficient (Wildman–Crippen LogP) is 0.971. The van der Waals surface area contributed by atoms with Crippen LogP contribution in [0, 0.1) is 0 Å². The van der Waals surface area contributed by atoms with E-state index in [1.165, 1.54) is 5.01 Å². The Bertz CT molecular complexity index is 323. The molecule has 2 rings (SSSR count). The third-order valence-electron chi connectivity index (χ3n) is 2.00. The molecule has 13 heavy (non-hydrogen) atoms. The Morgan fingerprint density at radius 2 is 2.46 bits per heavy atom. The van der Waals surface area contributed by atoms with E-state index in [2.05, 4.69) is 10.1 Å². The van der Waals surface area contributed by atoms with Crippen LogP contribution < -0.4 is 0 Å². The number of nitrogens with zero attached hydrogens (tertiary/aromatic N) is 3. The summed E-state index contributed by atoms with van der Waals surface area (Å²) in [6, 6.07) is 5.64. The Labute approximate surface area is 75.9 Å². The molecule has 4 nitrogen and oxygen atoms in total. The van der Waals surface area contributed by atoms with Crippen molar-refractivity contribution < 1.29 is 4.79 Å². The number of rotatable bonds is 2. The van der Waals surface area contributed by atoms with E-state index in [1.54, 1.807) is 12.4 Å². The van der Waals surface area contributed by atoms with E-state index in [4.69, 9.17) is 0 Å². The third-order valence-corrected chi connectivity index (χ3v) is 2.00. The predicted molar refractivity (Wildman–Crippen MR) is 48.0 cm³/mol. The largest absolute Gasteiger partial charge is 0.277 e. The van der Waals surface area contributed by atoms with Crippen molar-refractivity contribution in [3.8, 4) is 0 Å². The van der Waals surface area contributed by atoms with Crippen molar-refractivity contribution in [3.05, 3.63) is 30.1 Å². The van der Waals surface area contributed by atoms with Crippen LogP contribution in [0.5, 0.6) is 0 Å². The number of pyridine rings is 1. The highest BCUT2D eigenvalue weighted by Gasteiger charge is 2.22. The molecule has 1 unspecified atom stereocenters. The molecule has 0 saturated carbocycles. The van der Waals surface area contributed by atoms with Crippen LogP contribution in [0.2, 0.25) is 0 Å². The highest BCUT2D eigenvalue weighted by molar-refractivity contribution is 5.65. The number of carbonyl (C=O) groups is 1. The summed E-state index contributed by atoms with van der Waals surface area (Å²) in [4.78, 5) is 14.8. The minimum Gasteiger partial charge on any atom is -0.277 e. The van der Waals surface area contributed by atoms with Crippen LogP contribution in [0.25, 0.3) is 0 Å². The van der Waals surface area contributed by atoms with Gasteiger partial charge in [-0.2, -0.15) is 5.10 Å². The first-order valence-electron chi connectivity index (χ1n) is 4.09. The molecule has 0 aromatic carbocycles. The zero-order valence-electron chi connectivity index (χ0n) is 7.00. The van der Waals surface area contributed by atoms with Gasteiger partial charge in [0.25, 0.3) is 0 Å². The fourth-order valence-electron chi connectivity index (χ4n) is 1.36. The van der Waals surface area contributed by atoms with Crippen molar-refractivity contribution in [2.75, 3.05) is 0 Å². The van der Waals surface area contributed by atoms with Gasteiger partial charge >= 0.3 is 0 Å². The molecule has 0 bridgehead atoms. The van der Waals surface area contributed by atoms with E-state index in [9.17, 15) is 4.79 Å². The molecule has 1 amide bonds. The summed E-state index contributed by atoms with van der Waals surface area (Å²) >= 11 is 0. The summed E-state index contributed by atoms with van der Waals surface area (Å²) in [5, 5.41) is 5.30. The Hall–Kier alpha value is -1.71. The molecule has 66 valence electrons. The van der Waals surface area contributed by atoms with E-state index in [1.807, 2.05) is 18.2 Å². The fourth-order valence-corrected chi connectivity index (χ4v) is 1.36. The molecule has 0 spiro atoms. The van der Waals surface area contributed by atoms with Gasteiger partial charge in [-0.3, -0.25) is 9.78 Å². The monoisotopic (exact) mass is 175 g/mol. The lowest BCUT2D eigenvalue weighted by atomic mass is 10.1. The van der Waals surface area contributed by atoms with Crippen LogP contribution in [0.4, 0.5) is 0 Å². The third kappa shape index (κ3) is 1.42. The normalized spacial score (nSPS) is 20.6. The Balaban J connectivity index is 2.23. The number of hydrazone groups is 1. The molecule has 4 heteroatoms. The molecule has 1 aromatic heterocycles. The molecule has 1 aromatic rings. The van der Waals surface area contributed by atoms with Gasteiger partial charge in [0.05, 0.1) is 5.69 Å². The van der Waals surface area contributed by atoms with Crippen LogP contribution in [0.1, 0.15) is 18.2 Å². The summed E-state index contributed by atoms with van der Waals surface area (Å²) in [7, 11) is 0. The molecule has 0 aliphatic carbocycles. The zero-order valence-corrected chi connectivity index (χ0v) is 7.00. The molecule has 0 radical (unpaired) electrons. The quantitative estimate of drug-likeness (QED) is 0.629. The second kappa shape index (κ2) is 3.35. The van der Waals surface area contributed by atoms with Crippen molar-refractivity contribution in [1.29, 1.82) is 0 Å². The lowest BCUT2D eigenvalue weighted by Crippen LogP contribution is -2.18. The van der Waals surface area contributed by atoms with E-state index in [-0.39, 0.29) is 6.04 Å². The van der Waals surface area contributed by atoms with E-state index in [0.29, 0.717) is 0 Å². The zero-order chi connectivity index (χ0) is 9.10. The van der Waals surface area contributed by atoms with Gasteiger partial charge in [-0.15, -0.1) is 0 Å². The minimum atomic E-state index is -0.0151. The topological polar surface area (TPSA) is 45.6 Å². The van der Waals surface area contributed by atoms with Gasteiger partial charge in [0.2, 0.25) is 6.41 Å². The highest BCUT2D eigenvalue weighted by atomic mass is 16.1. The van der Waals surface area contributed by atoms with Crippen LogP contribution in [0.3, 0.4) is 0 Å². The summed E-state index contributed by atoms with van der Waals surface area (Å²) < 4.78 is 0. The fraction of sp³-hybridized carbons (Fsp3) is 0.222. The Morgan fingerprint density at radius 3 is 3.15 bits per heavy atom. The maximum absolute atomic E-state index is 10.6. The molecule has 0 N–H and O–H groups in total. The molecule has 2 heterocycles. The van der Waals surface area contributed by atoms with Crippen molar-refractivity contribution in [3.63, 3.8) is 0 Å². The average Bonchev–Trinajstić information content (AvgIpc) is 2.67. The van der Waals surface area contributed by atoms with Gasteiger partial charge in [0.15, 0.2) is 0 Å². The first-order valence-corrected chi connectivity index (χ1v) is 4.09. The van der Waals surface area contributed by atoms with Gasteiger partial charge in [-0.05, 0) is 12.1 Å². The van der Waals surface area contributed by atoms with Crippen LogP contribution in [-0.4, -0.2) is 22.6 Å². The first kappa shape index (κ1) is 7.91. The number of carbonyl (C=O) groups excluding carboxylic acids is 1. The molecule has 1 atom stereocenters. The number of hydrogen-bond donors (Lipinski definition) is 0. The van der Waals surface area contributed by atoms with Gasteiger partial charge in [0, 0.05) is 18.8 Å². The molecule has 1 aliphatic rings.